The van der Waals surface area contributed by atoms with Crippen LogP contribution in [-0.2, 0) is 0 Å². The molecule has 3 rings (SSSR count). The van der Waals surface area contributed by atoms with Crippen molar-refractivity contribution in [2.45, 2.75) is 83.1 Å². The van der Waals surface area contributed by atoms with E-state index < -0.39 is 0 Å². The summed E-state index contributed by atoms with van der Waals surface area (Å²) in [5, 5.41) is 0. The summed E-state index contributed by atoms with van der Waals surface area (Å²) < 4.78 is 0. The van der Waals surface area contributed by atoms with E-state index in [1.165, 1.54) is 90.1 Å². The number of hydrogen-bond donors (Lipinski definition) is 1. The first-order valence-electron chi connectivity index (χ1n) is 9.27. The Balaban J connectivity index is 1.58. The molecule has 2 unspecified atom stereocenters. The summed E-state index contributed by atoms with van der Waals surface area (Å²) in [4.78, 5) is 2.84. The largest absolute Gasteiger partial charge is 0.330 e. The van der Waals surface area contributed by atoms with Crippen LogP contribution in [-0.4, -0.2) is 30.6 Å². The zero-order valence-corrected chi connectivity index (χ0v) is 13.3. The Kier molecular flexibility index (Phi) is 5.04. The average molecular weight is 278 g/mol. The lowest BCUT2D eigenvalue weighted by Crippen LogP contribution is -2.49. The Morgan fingerprint density at radius 1 is 0.800 bits per heavy atom. The number of nitrogens with two attached hydrogens (primary N) is 1. The van der Waals surface area contributed by atoms with E-state index in [1.807, 2.05) is 0 Å². The quantitative estimate of drug-likeness (QED) is 0.775. The SMILES string of the molecule is NCC1CCCCCC1N1CCC2(CCCCC2)CC1. The Morgan fingerprint density at radius 3 is 2.15 bits per heavy atom. The standard InChI is InChI=1S/C18H34N2/c19-15-16-7-3-1-4-8-17(16)20-13-11-18(12-14-20)9-5-2-6-10-18/h16-17H,1-15,19H2. The van der Waals surface area contributed by atoms with Gasteiger partial charge in [-0.3, -0.25) is 0 Å². The minimum atomic E-state index is 0.748. The molecule has 3 aliphatic rings. The van der Waals surface area contributed by atoms with Gasteiger partial charge in [-0.05, 0) is 69.5 Å². The number of nitrogens with zero attached hydrogens (tertiary/aromatic N) is 1. The van der Waals surface area contributed by atoms with Crippen molar-refractivity contribution in [1.29, 1.82) is 0 Å². The molecule has 2 aliphatic carbocycles. The van der Waals surface area contributed by atoms with Gasteiger partial charge in [0, 0.05) is 6.04 Å². The smallest absolute Gasteiger partial charge is 0.0136 e. The second-order valence-corrected chi connectivity index (χ2v) is 7.80. The maximum Gasteiger partial charge on any atom is 0.0136 e. The van der Waals surface area contributed by atoms with Crippen molar-refractivity contribution >= 4 is 0 Å². The molecule has 0 aromatic carbocycles. The highest BCUT2D eigenvalue weighted by Crippen LogP contribution is 2.45. The molecule has 2 saturated carbocycles. The predicted molar refractivity (Wildman–Crippen MR) is 85.7 cm³/mol. The van der Waals surface area contributed by atoms with E-state index in [0.29, 0.717) is 0 Å². The van der Waals surface area contributed by atoms with Gasteiger partial charge in [-0.15, -0.1) is 0 Å². The van der Waals surface area contributed by atoms with Gasteiger partial charge in [-0.25, -0.2) is 0 Å². The van der Waals surface area contributed by atoms with Gasteiger partial charge in [0.15, 0.2) is 0 Å². The molecular weight excluding hydrogens is 244 g/mol. The first-order chi connectivity index (χ1) is 9.83. The van der Waals surface area contributed by atoms with Crippen LogP contribution in [0.4, 0.5) is 0 Å². The van der Waals surface area contributed by atoms with Crippen LogP contribution in [0.5, 0.6) is 0 Å². The van der Waals surface area contributed by atoms with Crippen LogP contribution >= 0.6 is 0 Å². The van der Waals surface area contributed by atoms with Gasteiger partial charge in [-0.2, -0.15) is 0 Å². The summed E-state index contributed by atoms with van der Waals surface area (Å²) in [5.41, 5.74) is 6.83. The van der Waals surface area contributed by atoms with Crippen molar-refractivity contribution in [1.82, 2.24) is 4.90 Å². The van der Waals surface area contributed by atoms with Crippen LogP contribution in [0, 0.1) is 11.3 Å². The summed E-state index contributed by atoms with van der Waals surface area (Å²) in [6, 6.07) is 0.809. The normalized spacial score (nSPS) is 35.9. The second kappa shape index (κ2) is 6.79. The van der Waals surface area contributed by atoms with Crippen molar-refractivity contribution < 1.29 is 0 Å². The van der Waals surface area contributed by atoms with Crippen molar-refractivity contribution in [2.75, 3.05) is 19.6 Å². The molecule has 2 nitrogen and oxygen atoms in total. The third kappa shape index (κ3) is 3.22. The molecule has 116 valence electrons. The second-order valence-electron chi connectivity index (χ2n) is 7.80. The third-order valence-corrected chi connectivity index (χ3v) is 6.66. The molecule has 0 aromatic heterocycles. The molecule has 2 N–H and O–H groups in total. The Hall–Kier alpha value is -0.0800. The highest BCUT2D eigenvalue weighted by atomic mass is 15.2. The van der Waals surface area contributed by atoms with E-state index in [9.17, 15) is 0 Å². The molecule has 1 aliphatic heterocycles. The number of hydrogen-bond acceptors (Lipinski definition) is 2. The molecule has 0 radical (unpaired) electrons. The van der Waals surface area contributed by atoms with E-state index in [2.05, 4.69) is 4.90 Å². The fourth-order valence-electron chi connectivity index (χ4n) is 5.25. The highest BCUT2D eigenvalue weighted by molar-refractivity contribution is 4.92. The fourth-order valence-corrected chi connectivity index (χ4v) is 5.25. The predicted octanol–water partition coefficient (Wildman–Crippen LogP) is 3.94. The van der Waals surface area contributed by atoms with Crippen molar-refractivity contribution in [2.24, 2.45) is 17.1 Å². The summed E-state index contributed by atoms with van der Waals surface area (Å²) in [6.45, 7) is 3.63. The summed E-state index contributed by atoms with van der Waals surface area (Å²) >= 11 is 0. The minimum Gasteiger partial charge on any atom is -0.330 e. The fraction of sp³-hybridized carbons (Fsp3) is 1.00. The maximum atomic E-state index is 6.08. The van der Waals surface area contributed by atoms with E-state index in [0.717, 1.165) is 23.9 Å². The Labute approximate surface area is 125 Å². The van der Waals surface area contributed by atoms with Crippen LogP contribution in [0.1, 0.15) is 77.0 Å². The van der Waals surface area contributed by atoms with Gasteiger partial charge in [-0.1, -0.05) is 38.5 Å². The number of piperidine rings is 1. The number of likely N-dealkylation sites (tertiary alicyclic amines) is 1. The Morgan fingerprint density at radius 2 is 1.45 bits per heavy atom. The highest BCUT2D eigenvalue weighted by Gasteiger charge is 2.38. The third-order valence-electron chi connectivity index (χ3n) is 6.66. The van der Waals surface area contributed by atoms with E-state index in [4.69, 9.17) is 5.73 Å². The van der Waals surface area contributed by atoms with Gasteiger partial charge in [0.1, 0.15) is 0 Å². The molecule has 2 heteroatoms. The molecular formula is C18H34N2. The first kappa shape index (κ1) is 14.8. The molecule has 1 saturated heterocycles. The zero-order valence-electron chi connectivity index (χ0n) is 13.3. The van der Waals surface area contributed by atoms with Crippen LogP contribution in [0.15, 0.2) is 0 Å². The molecule has 20 heavy (non-hydrogen) atoms. The van der Waals surface area contributed by atoms with Gasteiger partial charge < -0.3 is 10.6 Å². The first-order valence-corrected chi connectivity index (χ1v) is 9.27. The summed E-state index contributed by atoms with van der Waals surface area (Å²) in [6.07, 6.45) is 17.5. The molecule has 3 fully saturated rings. The topological polar surface area (TPSA) is 29.3 Å². The molecule has 0 aromatic rings. The van der Waals surface area contributed by atoms with Crippen molar-refractivity contribution in [3.8, 4) is 0 Å². The van der Waals surface area contributed by atoms with Gasteiger partial charge in [0.2, 0.25) is 0 Å². The monoisotopic (exact) mass is 278 g/mol. The molecule has 0 bridgehead atoms. The van der Waals surface area contributed by atoms with Crippen molar-refractivity contribution in [3.05, 3.63) is 0 Å². The number of rotatable bonds is 2. The summed E-state index contributed by atoms with van der Waals surface area (Å²) in [5.74, 6) is 0.776. The zero-order chi connectivity index (χ0) is 13.8. The molecule has 1 heterocycles. The maximum absolute atomic E-state index is 6.08. The van der Waals surface area contributed by atoms with Gasteiger partial charge >= 0.3 is 0 Å². The lowest BCUT2D eigenvalue weighted by atomic mass is 9.68. The van der Waals surface area contributed by atoms with Crippen LogP contribution in [0.2, 0.25) is 0 Å². The van der Waals surface area contributed by atoms with E-state index in [-0.39, 0.29) is 0 Å². The van der Waals surface area contributed by atoms with Gasteiger partial charge in [0.05, 0.1) is 0 Å². The lowest BCUT2D eigenvalue weighted by molar-refractivity contribution is 0.0273. The van der Waals surface area contributed by atoms with Crippen molar-refractivity contribution in [3.63, 3.8) is 0 Å². The van der Waals surface area contributed by atoms with Gasteiger partial charge in [0.25, 0.3) is 0 Å². The lowest BCUT2D eigenvalue weighted by Gasteiger charge is -2.47. The van der Waals surface area contributed by atoms with Crippen LogP contribution < -0.4 is 5.73 Å². The van der Waals surface area contributed by atoms with Crippen LogP contribution in [0.3, 0.4) is 0 Å². The van der Waals surface area contributed by atoms with E-state index >= 15 is 0 Å². The minimum absolute atomic E-state index is 0.748. The molecule has 2 atom stereocenters. The van der Waals surface area contributed by atoms with Crippen LogP contribution in [0.25, 0.3) is 0 Å². The average Bonchev–Trinajstić information content (AvgIpc) is 2.74. The summed E-state index contributed by atoms with van der Waals surface area (Å²) in [7, 11) is 0. The Bertz CT molecular complexity index is 286. The molecule has 0 amide bonds. The van der Waals surface area contributed by atoms with E-state index in [1.54, 1.807) is 0 Å². The molecule has 1 spiro atoms.